The summed E-state index contributed by atoms with van der Waals surface area (Å²) in [6, 6.07) is 4.08. The number of carbonyl (C=O) groups is 1. The van der Waals surface area contributed by atoms with Crippen molar-refractivity contribution in [1.29, 1.82) is 0 Å². The molecule has 1 aliphatic heterocycles. The molecule has 0 bridgehead atoms. The number of amides is 1. The normalized spacial score (nSPS) is 17.8. The van der Waals surface area contributed by atoms with Gasteiger partial charge in [-0.2, -0.15) is 0 Å². The molecule has 4 nitrogen and oxygen atoms in total. The smallest absolute Gasteiger partial charge is 0.220 e. The summed E-state index contributed by atoms with van der Waals surface area (Å²) in [5, 5.41) is 3.11. The van der Waals surface area contributed by atoms with Crippen LogP contribution in [0.15, 0.2) is 24.5 Å². The van der Waals surface area contributed by atoms with Crippen molar-refractivity contribution in [1.82, 2.24) is 14.9 Å². The van der Waals surface area contributed by atoms with E-state index in [1.54, 1.807) is 11.3 Å². The average molecular weight is 310 g/mol. The highest BCUT2D eigenvalue weighted by Crippen LogP contribution is 2.22. The Morgan fingerprint density at radius 1 is 1.55 bits per heavy atom. The van der Waals surface area contributed by atoms with Crippen LogP contribution in [0.2, 0.25) is 4.34 Å². The average Bonchev–Trinajstić information content (AvgIpc) is 3.04. The zero-order valence-electron chi connectivity index (χ0n) is 11.0. The van der Waals surface area contributed by atoms with Crippen molar-refractivity contribution in [2.24, 2.45) is 0 Å². The number of rotatable bonds is 4. The second-order valence-electron chi connectivity index (χ2n) is 5.00. The van der Waals surface area contributed by atoms with Crippen LogP contribution in [0.4, 0.5) is 0 Å². The Morgan fingerprint density at radius 2 is 2.45 bits per heavy atom. The van der Waals surface area contributed by atoms with Gasteiger partial charge >= 0.3 is 0 Å². The van der Waals surface area contributed by atoms with E-state index in [1.807, 2.05) is 24.5 Å². The molecular formula is C14H16ClN3OS. The topological polar surface area (TPSA) is 46.9 Å². The zero-order chi connectivity index (χ0) is 13.9. The summed E-state index contributed by atoms with van der Waals surface area (Å²) >= 11 is 7.42. The van der Waals surface area contributed by atoms with E-state index < -0.39 is 0 Å². The second kappa shape index (κ2) is 5.97. The van der Waals surface area contributed by atoms with Gasteiger partial charge in [-0.15, -0.1) is 11.3 Å². The molecule has 6 heteroatoms. The molecule has 0 aliphatic carbocycles. The predicted octanol–water partition coefficient (Wildman–Crippen LogP) is 2.66. The number of hydrogen-bond acceptors (Lipinski definition) is 3. The molecule has 3 heterocycles. The van der Waals surface area contributed by atoms with Crippen molar-refractivity contribution in [3.05, 3.63) is 39.6 Å². The molecule has 106 valence electrons. The molecule has 0 fully saturated rings. The number of halogens is 1. The third-order valence-corrected chi connectivity index (χ3v) is 4.82. The Balaban J connectivity index is 1.47. The summed E-state index contributed by atoms with van der Waals surface area (Å²) in [5.41, 5.74) is 0. The molecule has 20 heavy (non-hydrogen) atoms. The minimum Gasteiger partial charge on any atom is -0.352 e. The van der Waals surface area contributed by atoms with Gasteiger partial charge in [-0.05, 0) is 25.0 Å². The maximum atomic E-state index is 12.0. The number of nitrogens with one attached hydrogen (secondary N) is 1. The highest BCUT2D eigenvalue weighted by Gasteiger charge is 2.20. The molecule has 2 aromatic rings. The van der Waals surface area contributed by atoms with E-state index in [-0.39, 0.29) is 11.9 Å². The van der Waals surface area contributed by atoms with Crippen LogP contribution in [0.3, 0.4) is 0 Å². The van der Waals surface area contributed by atoms with Crippen LogP contribution in [0, 0.1) is 0 Å². The Kier molecular flexibility index (Phi) is 4.08. The van der Waals surface area contributed by atoms with Crippen LogP contribution in [-0.4, -0.2) is 21.5 Å². The summed E-state index contributed by atoms with van der Waals surface area (Å²) in [6.07, 6.45) is 6.96. The number of fused-ring (bicyclic) bond motifs is 1. The van der Waals surface area contributed by atoms with Crippen molar-refractivity contribution in [3.8, 4) is 0 Å². The van der Waals surface area contributed by atoms with E-state index in [4.69, 9.17) is 11.6 Å². The largest absolute Gasteiger partial charge is 0.352 e. The first kappa shape index (κ1) is 13.6. The van der Waals surface area contributed by atoms with Gasteiger partial charge in [-0.3, -0.25) is 4.79 Å². The summed E-state index contributed by atoms with van der Waals surface area (Å²) in [7, 11) is 0. The van der Waals surface area contributed by atoms with Gasteiger partial charge in [0.2, 0.25) is 5.91 Å². The number of aryl methyl sites for hydroxylation is 2. The number of hydrogen-bond donors (Lipinski definition) is 1. The van der Waals surface area contributed by atoms with Gasteiger partial charge in [0.25, 0.3) is 0 Å². The molecule has 0 radical (unpaired) electrons. The predicted molar refractivity (Wildman–Crippen MR) is 80.1 cm³/mol. The first-order chi connectivity index (χ1) is 9.70. The highest BCUT2D eigenvalue weighted by molar-refractivity contribution is 7.16. The number of thiophene rings is 1. The number of nitrogens with zero attached hydrogens (tertiary/aromatic N) is 2. The molecule has 1 unspecified atom stereocenters. The van der Waals surface area contributed by atoms with Crippen LogP contribution < -0.4 is 5.32 Å². The van der Waals surface area contributed by atoms with Gasteiger partial charge in [0.05, 0.1) is 4.34 Å². The van der Waals surface area contributed by atoms with Gasteiger partial charge in [0.1, 0.15) is 5.82 Å². The standard InChI is InChI=1S/C14H16ClN3OS/c15-12-4-2-11(20-12)3-6-14(19)17-10-1-5-13-16-7-8-18(13)9-10/h2,4,7-8,10H,1,3,5-6,9H2,(H,17,19). The van der Waals surface area contributed by atoms with Gasteiger partial charge in [-0.25, -0.2) is 4.98 Å². The molecular weight excluding hydrogens is 294 g/mol. The molecule has 1 N–H and O–H groups in total. The molecule has 1 atom stereocenters. The van der Waals surface area contributed by atoms with Gasteiger partial charge in [-0.1, -0.05) is 11.6 Å². The Bertz CT molecular complexity index is 607. The van der Waals surface area contributed by atoms with Crippen LogP contribution in [0.5, 0.6) is 0 Å². The van der Waals surface area contributed by atoms with Crippen molar-refractivity contribution in [3.63, 3.8) is 0 Å². The maximum Gasteiger partial charge on any atom is 0.220 e. The van der Waals surface area contributed by atoms with E-state index >= 15 is 0 Å². The minimum atomic E-state index is 0.114. The van der Waals surface area contributed by atoms with Crippen molar-refractivity contribution < 1.29 is 4.79 Å². The molecule has 0 spiro atoms. The molecule has 3 rings (SSSR count). The van der Waals surface area contributed by atoms with Gasteiger partial charge < -0.3 is 9.88 Å². The lowest BCUT2D eigenvalue weighted by molar-refractivity contribution is -0.121. The summed E-state index contributed by atoms with van der Waals surface area (Å²) < 4.78 is 2.90. The fourth-order valence-corrected chi connectivity index (χ4v) is 3.59. The monoisotopic (exact) mass is 309 g/mol. The molecule has 1 amide bonds. The number of imidazole rings is 1. The summed E-state index contributed by atoms with van der Waals surface area (Å²) in [6.45, 7) is 0.825. The van der Waals surface area contributed by atoms with Crippen LogP contribution >= 0.6 is 22.9 Å². The zero-order valence-corrected chi connectivity index (χ0v) is 12.6. The first-order valence-electron chi connectivity index (χ1n) is 6.74. The van der Waals surface area contributed by atoms with Crippen molar-refractivity contribution >= 4 is 28.8 Å². The quantitative estimate of drug-likeness (QED) is 0.944. The summed E-state index contributed by atoms with van der Waals surface area (Å²) in [5.74, 6) is 1.23. The highest BCUT2D eigenvalue weighted by atomic mass is 35.5. The Hall–Kier alpha value is -1.33. The SMILES string of the molecule is O=C(CCc1ccc(Cl)s1)NC1CCc2nccn2C1. The Morgan fingerprint density at radius 3 is 3.25 bits per heavy atom. The van der Waals surface area contributed by atoms with E-state index in [0.29, 0.717) is 6.42 Å². The van der Waals surface area contributed by atoms with Crippen LogP contribution in [0.1, 0.15) is 23.5 Å². The molecule has 0 saturated carbocycles. The number of aromatic nitrogens is 2. The fraction of sp³-hybridized carbons (Fsp3) is 0.429. The third kappa shape index (κ3) is 3.22. The summed E-state index contributed by atoms with van der Waals surface area (Å²) in [4.78, 5) is 17.4. The maximum absolute atomic E-state index is 12.0. The first-order valence-corrected chi connectivity index (χ1v) is 7.94. The molecule has 2 aromatic heterocycles. The van der Waals surface area contributed by atoms with E-state index in [0.717, 1.165) is 40.8 Å². The molecule has 0 saturated heterocycles. The van der Waals surface area contributed by atoms with E-state index in [9.17, 15) is 4.79 Å². The fourth-order valence-electron chi connectivity index (χ4n) is 2.51. The Labute approximate surface area is 126 Å². The molecule has 0 aromatic carbocycles. The lowest BCUT2D eigenvalue weighted by Crippen LogP contribution is -2.40. The van der Waals surface area contributed by atoms with Crippen LogP contribution in [0.25, 0.3) is 0 Å². The van der Waals surface area contributed by atoms with E-state index in [2.05, 4.69) is 14.9 Å². The third-order valence-electron chi connectivity index (χ3n) is 3.53. The van der Waals surface area contributed by atoms with Gasteiger partial charge in [0.15, 0.2) is 0 Å². The minimum absolute atomic E-state index is 0.114. The van der Waals surface area contributed by atoms with Gasteiger partial charge in [0, 0.05) is 42.7 Å². The van der Waals surface area contributed by atoms with Crippen molar-refractivity contribution in [2.45, 2.75) is 38.3 Å². The molecule has 1 aliphatic rings. The number of carbonyl (C=O) groups excluding carboxylic acids is 1. The van der Waals surface area contributed by atoms with Crippen molar-refractivity contribution in [2.75, 3.05) is 0 Å². The lowest BCUT2D eigenvalue weighted by atomic mass is 10.1. The lowest BCUT2D eigenvalue weighted by Gasteiger charge is -2.24. The van der Waals surface area contributed by atoms with Crippen LogP contribution in [-0.2, 0) is 24.2 Å². The van der Waals surface area contributed by atoms with E-state index in [1.165, 1.54) is 0 Å². The second-order valence-corrected chi connectivity index (χ2v) is 6.80.